The Kier molecular flexibility index (Phi) is 6.98. The fourth-order valence-electron chi connectivity index (χ4n) is 2.19. The van der Waals surface area contributed by atoms with Crippen LogP contribution < -0.4 is 0 Å². The Labute approximate surface area is 93.1 Å². The van der Waals surface area contributed by atoms with E-state index in [4.69, 9.17) is 0 Å². The second-order valence-electron chi connectivity index (χ2n) is 4.57. The number of hydrogen-bond donors (Lipinski definition) is 1. The van der Waals surface area contributed by atoms with Crippen LogP contribution in [0.2, 0.25) is 0 Å². The van der Waals surface area contributed by atoms with Crippen LogP contribution in [0.15, 0.2) is 0 Å². The van der Waals surface area contributed by atoms with Gasteiger partial charge in [0.2, 0.25) is 0 Å². The van der Waals surface area contributed by atoms with E-state index in [1.54, 1.807) is 0 Å². The van der Waals surface area contributed by atoms with E-state index in [-0.39, 0.29) is 12.7 Å². The van der Waals surface area contributed by atoms with E-state index in [9.17, 15) is 10.2 Å². The number of aliphatic hydroxyl groups is 1. The van der Waals surface area contributed by atoms with Crippen LogP contribution in [0.1, 0.15) is 44.9 Å². The third-order valence-corrected chi connectivity index (χ3v) is 3.10. The molecule has 1 aliphatic rings. The second-order valence-corrected chi connectivity index (χ2v) is 4.57. The number of β-amino-alcohol motifs (C(OH)–C–C–N with tert-alkyl or cyclic N) is 1. The van der Waals surface area contributed by atoms with E-state index >= 15 is 0 Å². The zero-order valence-electron chi connectivity index (χ0n) is 9.66. The zero-order valence-corrected chi connectivity index (χ0v) is 9.66. The van der Waals surface area contributed by atoms with E-state index in [2.05, 4.69) is 4.90 Å². The van der Waals surface area contributed by atoms with Gasteiger partial charge in [-0.3, -0.25) is 0 Å². The van der Waals surface area contributed by atoms with Crippen LogP contribution in [0.5, 0.6) is 0 Å². The number of hydrogen-bond acceptors (Lipinski definition) is 2. The molecule has 3 nitrogen and oxygen atoms in total. The van der Waals surface area contributed by atoms with Crippen molar-refractivity contribution in [1.29, 1.82) is 0 Å². The van der Waals surface area contributed by atoms with E-state index in [1.807, 2.05) is 0 Å². The summed E-state index contributed by atoms with van der Waals surface area (Å²) in [6, 6.07) is 0. The highest BCUT2D eigenvalue weighted by atomic mass is 16.3. The molecule has 1 rings (SSSR count). The molecule has 1 saturated heterocycles. The highest BCUT2D eigenvalue weighted by Crippen LogP contribution is 2.11. The lowest BCUT2D eigenvalue weighted by atomic mass is 10.1. The first-order valence-corrected chi connectivity index (χ1v) is 6.31. The van der Waals surface area contributed by atoms with E-state index in [0.717, 1.165) is 51.7 Å². The maximum atomic E-state index is 10.2. The molecule has 0 aliphatic carbocycles. The molecule has 0 bridgehead atoms. The number of unbranched alkanes of at least 4 members (excludes halogenated alkanes) is 3. The minimum absolute atomic E-state index is 0.0519. The molecular formula is C12H24NO2. The van der Waals surface area contributed by atoms with Gasteiger partial charge in [0.05, 0.1) is 12.7 Å². The molecule has 89 valence electrons. The molecule has 0 aromatic rings. The van der Waals surface area contributed by atoms with Crippen molar-refractivity contribution in [1.82, 2.24) is 4.90 Å². The van der Waals surface area contributed by atoms with Gasteiger partial charge in [-0.2, -0.15) is 0 Å². The van der Waals surface area contributed by atoms with Gasteiger partial charge in [0.1, 0.15) is 0 Å². The van der Waals surface area contributed by atoms with Crippen molar-refractivity contribution in [3.05, 3.63) is 0 Å². The standard InChI is InChI=1S/C12H24NO2/c14-10-6-2-1-3-7-12(15)11-13-8-4-5-9-13/h12,15H,1-11H2. The third-order valence-electron chi connectivity index (χ3n) is 3.10. The fourth-order valence-corrected chi connectivity index (χ4v) is 2.19. The van der Waals surface area contributed by atoms with Crippen LogP contribution in [0.4, 0.5) is 0 Å². The predicted molar refractivity (Wildman–Crippen MR) is 60.3 cm³/mol. The normalized spacial score (nSPS) is 19.6. The van der Waals surface area contributed by atoms with Gasteiger partial charge in [0.25, 0.3) is 0 Å². The molecule has 0 spiro atoms. The fraction of sp³-hybridized carbons (Fsp3) is 1.00. The molecule has 0 aromatic heterocycles. The first-order valence-electron chi connectivity index (χ1n) is 6.31. The van der Waals surface area contributed by atoms with Crippen molar-refractivity contribution < 1.29 is 10.2 Å². The molecule has 1 aliphatic heterocycles. The smallest absolute Gasteiger partial charge is 0.0822 e. The van der Waals surface area contributed by atoms with Gasteiger partial charge in [-0.05, 0) is 38.8 Å². The summed E-state index contributed by atoms with van der Waals surface area (Å²) in [4.78, 5) is 2.35. The van der Waals surface area contributed by atoms with Gasteiger partial charge < -0.3 is 10.0 Å². The predicted octanol–water partition coefficient (Wildman–Crippen LogP) is 1.82. The molecular weight excluding hydrogens is 190 g/mol. The average Bonchev–Trinajstić information content (AvgIpc) is 2.70. The van der Waals surface area contributed by atoms with Crippen LogP contribution >= 0.6 is 0 Å². The van der Waals surface area contributed by atoms with Crippen molar-refractivity contribution in [3.63, 3.8) is 0 Å². The van der Waals surface area contributed by atoms with Gasteiger partial charge >= 0.3 is 0 Å². The largest absolute Gasteiger partial charge is 0.392 e. The molecule has 1 atom stereocenters. The number of aliphatic hydroxyl groups excluding tert-OH is 1. The molecule has 1 fully saturated rings. The first kappa shape index (κ1) is 12.9. The minimum Gasteiger partial charge on any atom is -0.392 e. The average molecular weight is 214 g/mol. The Balaban J connectivity index is 1.91. The summed E-state index contributed by atoms with van der Waals surface area (Å²) in [7, 11) is 0. The van der Waals surface area contributed by atoms with E-state index < -0.39 is 0 Å². The zero-order chi connectivity index (χ0) is 10.9. The van der Waals surface area contributed by atoms with Crippen molar-refractivity contribution in [2.75, 3.05) is 26.2 Å². The van der Waals surface area contributed by atoms with Crippen LogP contribution in [-0.2, 0) is 5.11 Å². The van der Waals surface area contributed by atoms with Gasteiger partial charge in [-0.15, -0.1) is 0 Å². The highest BCUT2D eigenvalue weighted by molar-refractivity contribution is 4.70. The number of nitrogens with zero attached hydrogens (tertiary/aromatic N) is 1. The Bertz CT molecular complexity index is 147. The van der Waals surface area contributed by atoms with Crippen molar-refractivity contribution >= 4 is 0 Å². The lowest BCUT2D eigenvalue weighted by Gasteiger charge is -2.19. The van der Waals surface area contributed by atoms with Gasteiger partial charge in [0.15, 0.2) is 0 Å². The second kappa shape index (κ2) is 8.08. The highest BCUT2D eigenvalue weighted by Gasteiger charge is 2.14. The van der Waals surface area contributed by atoms with Gasteiger partial charge in [-0.25, -0.2) is 5.11 Å². The molecule has 0 aromatic carbocycles. The SMILES string of the molecule is [O]CCCCCCC(O)CN1CCCC1. The molecule has 1 unspecified atom stereocenters. The first-order chi connectivity index (χ1) is 7.33. The number of rotatable bonds is 8. The summed E-state index contributed by atoms with van der Waals surface area (Å²) in [5.41, 5.74) is 0. The molecule has 15 heavy (non-hydrogen) atoms. The summed E-state index contributed by atoms with van der Waals surface area (Å²) < 4.78 is 0. The molecule has 1 radical (unpaired) electrons. The van der Waals surface area contributed by atoms with Crippen molar-refractivity contribution in [2.45, 2.75) is 51.0 Å². The monoisotopic (exact) mass is 214 g/mol. The summed E-state index contributed by atoms with van der Waals surface area (Å²) >= 11 is 0. The number of likely N-dealkylation sites (tertiary alicyclic amines) is 1. The van der Waals surface area contributed by atoms with Crippen LogP contribution in [-0.4, -0.2) is 42.4 Å². The Morgan fingerprint density at radius 1 is 1.07 bits per heavy atom. The quantitative estimate of drug-likeness (QED) is 0.626. The summed E-state index contributed by atoms with van der Waals surface area (Å²) in [6.45, 7) is 3.22. The lowest BCUT2D eigenvalue weighted by Crippen LogP contribution is -2.29. The molecule has 0 saturated carbocycles. The minimum atomic E-state index is -0.157. The van der Waals surface area contributed by atoms with Crippen LogP contribution in [0.3, 0.4) is 0 Å². The topological polar surface area (TPSA) is 43.4 Å². The maximum Gasteiger partial charge on any atom is 0.0822 e. The Hall–Kier alpha value is -0.120. The summed E-state index contributed by atoms with van der Waals surface area (Å²) in [6.07, 6.45) is 7.30. The Morgan fingerprint density at radius 2 is 1.73 bits per heavy atom. The molecule has 0 amide bonds. The molecule has 3 heteroatoms. The molecule has 1 N–H and O–H groups in total. The summed E-state index contributed by atoms with van der Waals surface area (Å²) in [5.74, 6) is 0. The van der Waals surface area contributed by atoms with E-state index in [1.165, 1.54) is 12.8 Å². The maximum absolute atomic E-state index is 10.2. The lowest BCUT2D eigenvalue weighted by molar-refractivity contribution is 0.114. The third kappa shape index (κ3) is 6.13. The van der Waals surface area contributed by atoms with Crippen LogP contribution in [0, 0.1) is 0 Å². The molecule has 1 heterocycles. The Morgan fingerprint density at radius 3 is 2.40 bits per heavy atom. The van der Waals surface area contributed by atoms with Crippen LogP contribution in [0.25, 0.3) is 0 Å². The van der Waals surface area contributed by atoms with Gasteiger partial charge in [0, 0.05) is 6.54 Å². The summed E-state index contributed by atoms with van der Waals surface area (Å²) in [5, 5.41) is 20.0. The van der Waals surface area contributed by atoms with Crippen molar-refractivity contribution in [2.24, 2.45) is 0 Å². The van der Waals surface area contributed by atoms with Crippen molar-refractivity contribution in [3.8, 4) is 0 Å². The van der Waals surface area contributed by atoms with E-state index in [0.29, 0.717) is 0 Å². The van der Waals surface area contributed by atoms with Gasteiger partial charge in [-0.1, -0.05) is 19.3 Å².